The number of hydrogen-bond donors (Lipinski definition) is 0. The number of rotatable bonds is 3. The van der Waals surface area contributed by atoms with Crippen molar-refractivity contribution in [1.82, 2.24) is 0 Å². The molecule has 0 rings (SSSR count). The van der Waals surface area contributed by atoms with Crippen LogP contribution in [0.25, 0.3) is 0 Å². The van der Waals surface area contributed by atoms with Gasteiger partial charge in [-0.3, -0.25) is 0 Å². The molecule has 9 heavy (non-hydrogen) atoms. The third kappa shape index (κ3) is 3.63. The molecule has 0 amide bonds. The van der Waals surface area contributed by atoms with Gasteiger partial charge in [0.15, 0.2) is 0 Å². The zero-order valence-electron chi connectivity index (χ0n) is 6.77. The molecule has 0 N–H and O–H groups in total. The minimum Gasteiger partial charge on any atom is -0.134 e. The zero-order chi connectivity index (χ0) is 7.28. The molecule has 0 saturated carbocycles. The van der Waals surface area contributed by atoms with Crippen molar-refractivity contribution in [3.05, 3.63) is 11.0 Å². The normalized spacial score (nSPS) is 12.8. The van der Waals surface area contributed by atoms with Gasteiger partial charge in [-0.15, -0.1) is 11.8 Å². The Morgan fingerprint density at radius 1 is 1.56 bits per heavy atom. The first-order valence-electron chi connectivity index (χ1n) is 3.46. The fourth-order valence-corrected chi connectivity index (χ4v) is 1.56. The number of thioether (sulfide) groups is 1. The first-order valence-corrected chi connectivity index (χ1v) is 4.68. The molecule has 0 aromatic carbocycles. The fourth-order valence-electron chi connectivity index (χ4n) is 0.756. The average Bonchev–Trinajstić information content (AvgIpc) is 1.82. The van der Waals surface area contributed by atoms with Gasteiger partial charge >= 0.3 is 0 Å². The van der Waals surface area contributed by atoms with E-state index < -0.39 is 0 Å². The summed E-state index contributed by atoms with van der Waals surface area (Å²) in [5.41, 5.74) is 0. The fraction of sp³-hybridized carbons (Fsp3) is 0.750. The smallest absolute Gasteiger partial charge is 0.0140 e. The van der Waals surface area contributed by atoms with Gasteiger partial charge < -0.3 is 0 Å². The average molecular weight is 144 g/mol. The second-order valence-corrected chi connectivity index (χ2v) is 3.25. The summed E-state index contributed by atoms with van der Waals surface area (Å²) in [4.78, 5) is 1.51. The van der Waals surface area contributed by atoms with E-state index in [0.717, 1.165) is 6.42 Å². The first-order chi connectivity index (χ1) is 4.22. The van der Waals surface area contributed by atoms with Gasteiger partial charge in [-0.2, -0.15) is 0 Å². The van der Waals surface area contributed by atoms with E-state index in [2.05, 4.69) is 33.1 Å². The van der Waals surface area contributed by atoms with E-state index in [0.29, 0.717) is 5.92 Å². The lowest BCUT2D eigenvalue weighted by molar-refractivity contribution is 0.811. The van der Waals surface area contributed by atoms with Crippen LogP contribution in [0.4, 0.5) is 0 Å². The van der Waals surface area contributed by atoms with Crippen LogP contribution in [-0.4, -0.2) is 6.26 Å². The summed E-state index contributed by atoms with van der Waals surface area (Å²) in [6, 6.07) is 0. The molecule has 0 saturated heterocycles. The highest BCUT2D eigenvalue weighted by Gasteiger charge is 1.97. The Labute approximate surface area is 62.7 Å². The van der Waals surface area contributed by atoms with Crippen molar-refractivity contribution in [3.8, 4) is 0 Å². The van der Waals surface area contributed by atoms with Crippen LogP contribution in [0.15, 0.2) is 11.0 Å². The van der Waals surface area contributed by atoms with E-state index in [-0.39, 0.29) is 0 Å². The molecule has 54 valence electrons. The molecule has 0 atom stereocenters. The minimum atomic E-state index is 0.708. The second kappa shape index (κ2) is 4.92. The third-order valence-corrected chi connectivity index (χ3v) is 2.32. The molecule has 0 aliphatic heterocycles. The van der Waals surface area contributed by atoms with Crippen molar-refractivity contribution in [2.45, 2.75) is 27.2 Å². The largest absolute Gasteiger partial charge is 0.134 e. The van der Waals surface area contributed by atoms with Crippen LogP contribution in [0.5, 0.6) is 0 Å². The van der Waals surface area contributed by atoms with E-state index in [4.69, 9.17) is 0 Å². The van der Waals surface area contributed by atoms with Crippen molar-refractivity contribution in [3.63, 3.8) is 0 Å². The highest BCUT2D eigenvalue weighted by Crippen LogP contribution is 2.21. The van der Waals surface area contributed by atoms with Gasteiger partial charge in [0.25, 0.3) is 0 Å². The maximum Gasteiger partial charge on any atom is -0.0140 e. The molecule has 0 aliphatic rings. The highest BCUT2D eigenvalue weighted by atomic mass is 32.2. The third-order valence-electron chi connectivity index (χ3n) is 1.21. The van der Waals surface area contributed by atoms with Gasteiger partial charge in [0, 0.05) is 0 Å². The van der Waals surface area contributed by atoms with Crippen LogP contribution in [0.1, 0.15) is 27.2 Å². The Kier molecular flexibility index (Phi) is 4.97. The van der Waals surface area contributed by atoms with E-state index in [9.17, 15) is 0 Å². The summed E-state index contributed by atoms with van der Waals surface area (Å²) in [5, 5.41) is 0. The lowest BCUT2D eigenvalue weighted by Gasteiger charge is -2.05. The summed E-state index contributed by atoms with van der Waals surface area (Å²) < 4.78 is 0. The van der Waals surface area contributed by atoms with Crippen molar-refractivity contribution >= 4 is 11.8 Å². The van der Waals surface area contributed by atoms with Crippen LogP contribution in [-0.2, 0) is 0 Å². The Morgan fingerprint density at radius 2 is 2.11 bits per heavy atom. The van der Waals surface area contributed by atoms with Gasteiger partial charge in [-0.05, 0) is 23.5 Å². The Morgan fingerprint density at radius 3 is 2.22 bits per heavy atom. The summed E-state index contributed by atoms with van der Waals surface area (Å²) >= 11 is 1.86. The molecular formula is C8H16S. The molecule has 0 aromatic rings. The molecule has 0 radical (unpaired) electrons. The van der Waals surface area contributed by atoms with Crippen LogP contribution in [0, 0.1) is 5.92 Å². The van der Waals surface area contributed by atoms with E-state index in [1.165, 1.54) is 4.91 Å². The summed E-state index contributed by atoms with van der Waals surface area (Å²) in [6.07, 6.45) is 5.60. The highest BCUT2D eigenvalue weighted by molar-refractivity contribution is 8.02. The monoisotopic (exact) mass is 144 g/mol. The molecule has 0 nitrogen and oxygen atoms in total. The van der Waals surface area contributed by atoms with Gasteiger partial charge in [-0.1, -0.05) is 26.8 Å². The first kappa shape index (κ1) is 9.09. The van der Waals surface area contributed by atoms with Crippen LogP contribution in [0.3, 0.4) is 0 Å². The van der Waals surface area contributed by atoms with Crippen molar-refractivity contribution < 1.29 is 0 Å². The molecule has 0 bridgehead atoms. The van der Waals surface area contributed by atoms with E-state index >= 15 is 0 Å². The van der Waals surface area contributed by atoms with Gasteiger partial charge in [0.1, 0.15) is 0 Å². The Bertz CT molecular complexity index is 92.7. The van der Waals surface area contributed by atoms with Crippen LogP contribution in [0.2, 0.25) is 0 Å². The molecule has 0 aromatic heterocycles. The number of allylic oxidation sites excluding steroid dienone is 2. The second-order valence-electron chi connectivity index (χ2n) is 2.37. The minimum absolute atomic E-state index is 0.708. The maximum absolute atomic E-state index is 2.30. The molecule has 0 aliphatic carbocycles. The van der Waals surface area contributed by atoms with Crippen molar-refractivity contribution in [2.24, 2.45) is 5.92 Å². The van der Waals surface area contributed by atoms with Crippen molar-refractivity contribution in [1.29, 1.82) is 0 Å². The summed E-state index contributed by atoms with van der Waals surface area (Å²) in [7, 11) is 0. The Hall–Kier alpha value is 0.0900. The maximum atomic E-state index is 2.30. The molecule has 0 fully saturated rings. The summed E-state index contributed by atoms with van der Waals surface area (Å²) in [5.74, 6) is 0.708. The predicted octanol–water partition coefficient (Wildman–Crippen LogP) is 3.30. The van der Waals surface area contributed by atoms with Gasteiger partial charge in [-0.25, -0.2) is 0 Å². The lowest BCUT2D eigenvalue weighted by atomic mass is 10.2. The quantitative estimate of drug-likeness (QED) is 0.585. The van der Waals surface area contributed by atoms with Crippen LogP contribution >= 0.6 is 11.8 Å². The van der Waals surface area contributed by atoms with E-state index in [1.54, 1.807) is 0 Å². The van der Waals surface area contributed by atoms with Crippen molar-refractivity contribution in [2.75, 3.05) is 6.26 Å². The zero-order valence-corrected chi connectivity index (χ0v) is 7.59. The van der Waals surface area contributed by atoms with Gasteiger partial charge in [0.05, 0.1) is 0 Å². The molecular weight excluding hydrogens is 128 g/mol. The molecule has 0 spiro atoms. The SMILES string of the molecule is CC/C=C(\SC)C(C)C. The van der Waals surface area contributed by atoms with Crippen LogP contribution < -0.4 is 0 Å². The summed E-state index contributed by atoms with van der Waals surface area (Å²) in [6.45, 7) is 6.65. The Balaban J connectivity index is 3.81. The molecule has 0 unspecified atom stereocenters. The predicted molar refractivity (Wildman–Crippen MR) is 46.7 cm³/mol. The molecule has 0 heterocycles. The van der Waals surface area contributed by atoms with E-state index in [1.807, 2.05) is 11.8 Å². The number of hydrogen-bond acceptors (Lipinski definition) is 1. The molecule has 1 heteroatoms. The van der Waals surface area contributed by atoms with Gasteiger partial charge in [0.2, 0.25) is 0 Å². The standard InChI is InChI=1S/C8H16S/c1-5-6-8(9-4)7(2)3/h6-7H,5H2,1-4H3/b8-6-. The lowest BCUT2D eigenvalue weighted by Crippen LogP contribution is -1.87. The topological polar surface area (TPSA) is 0 Å².